The van der Waals surface area contributed by atoms with Crippen LogP contribution in [0.25, 0.3) is 6.08 Å². The van der Waals surface area contributed by atoms with Crippen LogP contribution in [0.4, 0.5) is 15.8 Å². The normalized spacial score (nSPS) is 11.8. The Morgan fingerprint density at radius 1 is 0.717 bits per heavy atom. The molecule has 0 radical (unpaired) electrons. The number of hydrogen-bond acceptors (Lipinski definition) is 4. The van der Waals surface area contributed by atoms with Gasteiger partial charge < -0.3 is 16.0 Å². The van der Waals surface area contributed by atoms with Gasteiger partial charge in [-0.05, 0) is 83.9 Å². The Labute approximate surface area is 286 Å². The minimum Gasteiger partial charge on any atom is -0.322 e. The number of hydrogen-bond donors (Lipinski definition) is 3. The number of halogens is 3. The second-order valence-electron chi connectivity index (χ2n) is 9.93. The van der Waals surface area contributed by atoms with Crippen LogP contribution in [-0.2, 0) is 9.59 Å². The summed E-state index contributed by atoms with van der Waals surface area (Å²) in [5, 5.41) is 7.60. The number of nitrogens with one attached hydrogen (secondary N) is 3. The molecule has 0 fully saturated rings. The summed E-state index contributed by atoms with van der Waals surface area (Å²) in [5.41, 5.74) is 2.51. The summed E-state index contributed by atoms with van der Waals surface area (Å²) in [6.45, 7) is 0. The molecule has 5 rings (SSSR count). The van der Waals surface area contributed by atoms with Crippen LogP contribution in [-0.4, -0.2) is 17.7 Å². The zero-order valence-electron chi connectivity index (χ0n) is 24.0. The van der Waals surface area contributed by atoms with E-state index in [0.29, 0.717) is 21.3 Å². The molecule has 0 saturated carbocycles. The van der Waals surface area contributed by atoms with Gasteiger partial charge in [-0.3, -0.25) is 14.4 Å². The smallest absolute Gasteiger partial charge is 0.272 e. The van der Waals surface area contributed by atoms with Crippen molar-refractivity contribution in [2.75, 3.05) is 10.6 Å². The molecule has 1 atom stereocenters. The van der Waals surface area contributed by atoms with Crippen LogP contribution < -0.4 is 16.0 Å². The third kappa shape index (κ3) is 9.03. The van der Waals surface area contributed by atoms with E-state index in [9.17, 15) is 18.8 Å². The molecule has 5 aromatic rings. The SMILES string of the molecule is O=C(Nc1ccc(SC(C(=O)Nc2ccc(Br)cc2F)c2ccccc2)cc1)/C(=C/c1cccc(Br)c1)NC(=O)c1ccccc1. The summed E-state index contributed by atoms with van der Waals surface area (Å²) in [7, 11) is 0. The predicted molar refractivity (Wildman–Crippen MR) is 189 cm³/mol. The molecule has 5 aromatic carbocycles. The Balaban J connectivity index is 1.33. The number of amides is 3. The lowest BCUT2D eigenvalue weighted by molar-refractivity contribution is -0.116. The minimum atomic E-state index is -0.683. The number of anilines is 2. The lowest BCUT2D eigenvalue weighted by Gasteiger charge is -2.18. The molecule has 0 spiro atoms. The monoisotopic (exact) mass is 757 g/mol. The van der Waals surface area contributed by atoms with Crippen molar-refractivity contribution in [2.24, 2.45) is 0 Å². The van der Waals surface area contributed by atoms with Crippen LogP contribution in [0, 0.1) is 5.82 Å². The third-order valence-corrected chi connectivity index (χ3v) is 8.84. The van der Waals surface area contributed by atoms with Crippen molar-refractivity contribution in [3.05, 3.63) is 165 Å². The van der Waals surface area contributed by atoms with Gasteiger partial charge in [0, 0.05) is 25.1 Å². The minimum absolute atomic E-state index is 0.0615. The van der Waals surface area contributed by atoms with Gasteiger partial charge in [-0.1, -0.05) is 92.5 Å². The molecule has 0 aliphatic carbocycles. The molecule has 0 aliphatic rings. The Morgan fingerprint density at radius 3 is 2.07 bits per heavy atom. The number of carbonyl (C=O) groups excluding carboxylic acids is 3. The quantitative estimate of drug-likeness (QED) is 0.0980. The fraction of sp³-hybridized carbons (Fsp3) is 0.0278. The highest BCUT2D eigenvalue weighted by atomic mass is 79.9. The molecule has 0 saturated heterocycles. The van der Waals surface area contributed by atoms with E-state index in [1.807, 2.05) is 54.6 Å². The molecule has 0 bridgehead atoms. The molecule has 3 amide bonds. The van der Waals surface area contributed by atoms with Gasteiger partial charge in [-0.2, -0.15) is 0 Å². The number of thioether (sulfide) groups is 1. The van der Waals surface area contributed by atoms with Crippen molar-refractivity contribution in [3.63, 3.8) is 0 Å². The number of carbonyl (C=O) groups is 3. The Morgan fingerprint density at radius 2 is 1.39 bits per heavy atom. The molecule has 10 heteroatoms. The zero-order chi connectivity index (χ0) is 32.5. The highest BCUT2D eigenvalue weighted by molar-refractivity contribution is 9.10. The van der Waals surface area contributed by atoms with Crippen LogP contribution in [0.5, 0.6) is 0 Å². The van der Waals surface area contributed by atoms with Crippen molar-refractivity contribution >= 4 is 78.8 Å². The standard InChI is InChI=1S/C36H26Br2FN3O3S/c37-26-13-7-8-23(20-26)21-32(42-34(43)25-11-5-2-6-12-25)35(44)40-28-15-17-29(18-16-28)46-33(24-9-3-1-4-10-24)36(45)41-31-19-14-27(38)22-30(31)39/h1-22,33H,(H,40,44)(H,41,45)(H,42,43)/b32-21-. The molecule has 3 N–H and O–H groups in total. The average molecular weight is 759 g/mol. The van der Waals surface area contributed by atoms with Crippen molar-refractivity contribution in [3.8, 4) is 0 Å². The molecular weight excluding hydrogens is 733 g/mol. The topological polar surface area (TPSA) is 87.3 Å². The van der Waals surface area contributed by atoms with Crippen LogP contribution in [0.1, 0.15) is 26.7 Å². The van der Waals surface area contributed by atoms with Gasteiger partial charge in [0.15, 0.2) is 0 Å². The first-order valence-corrected chi connectivity index (χ1v) is 16.4. The number of benzene rings is 5. The van der Waals surface area contributed by atoms with Crippen molar-refractivity contribution in [2.45, 2.75) is 10.1 Å². The van der Waals surface area contributed by atoms with E-state index in [-0.39, 0.29) is 17.3 Å². The molecule has 6 nitrogen and oxygen atoms in total. The van der Waals surface area contributed by atoms with E-state index < -0.39 is 22.9 Å². The summed E-state index contributed by atoms with van der Waals surface area (Å²) in [4.78, 5) is 40.5. The average Bonchev–Trinajstić information content (AvgIpc) is 3.06. The molecule has 0 aromatic heterocycles. The molecule has 46 heavy (non-hydrogen) atoms. The third-order valence-electron chi connectivity index (χ3n) is 6.58. The van der Waals surface area contributed by atoms with E-state index in [4.69, 9.17) is 0 Å². The Hall–Kier alpha value is -4.51. The van der Waals surface area contributed by atoms with Gasteiger partial charge in [0.25, 0.3) is 11.8 Å². The van der Waals surface area contributed by atoms with Gasteiger partial charge in [-0.25, -0.2) is 4.39 Å². The predicted octanol–water partition coefficient (Wildman–Crippen LogP) is 9.23. The maximum Gasteiger partial charge on any atom is 0.272 e. The number of rotatable bonds is 10. The molecule has 230 valence electrons. The fourth-order valence-corrected chi connectivity index (χ4v) is 6.12. The van der Waals surface area contributed by atoms with Crippen LogP contribution in [0.3, 0.4) is 0 Å². The Bertz CT molecular complexity index is 1890. The van der Waals surface area contributed by atoms with E-state index in [1.165, 1.54) is 23.9 Å². The largest absolute Gasteiger partial charge is 0.322 e. The maximum absolute atomic E-state index is 14.5. The second kappa shape index (κ2) is 15.7. The summed E-state index contributed by atoms with van der Waals surface area (Å²) in [5.74, 6) is -1.86. The van der Waals surface area contributed by atoms with Crippen molar-refractivity contribution in [1.29, 1.82) is 0 Å². The maximum atomic E-state index is 14.5. The van der Waals surface area contributed by atoms with Gasteiger partial charge in [0.05, 0.1) is 5.69 Å². The first kappa shape index (κ1) is 32.9. The van der Waals surface area contributed by atoms with Gasteiger partial charge in [-0.15, -0.1) is 11.8 Å². The van der Waals surface area contributed by atoms with E-state index >= 15 is 0 Å². The van der Waals surface area contributed by atoms with E-state index in [2.05, 4.69) is 47.8 Å². The van der Waals surface area contributed by atoms with Gasteiger partial charge in [0.2, 0.25) is 5.91 Å². The van der Waals surface area contributed by atoms with E-state index in [1.54, 1.807) is 66.7 Å². The lowest BCUT2D eigenvalue weighted by atomic mass is 10.1. The summed E-state index contributed by atoms with van der Waals surface area (Å²) >= 11 is 7.96. The second-order valence-corrected chi connectivity index (χ2v) is 12.9. The van der Waals surface area contributed by atoms with Crippen LogP contribution >= 0.6 is 43.6 Å². The van der Waals surface area contributed by atoms with Crippen molar-refractivity contribution in [1.82, 2.24) is 5.32 Å². The molecule has 0 heterocycles. The van der Waals surface area contributed by atoms with Crippen LogP contribution in [0.2, 0.25) is 0 Å². The summed E-state index contributed by atoms with van der Waals surface area (Å²) in [6, 6.07) is 36.6. The van der Waals surface area contributed by atoms with E-state index in [0.717, 1.165) is 14.9 Å². The highest BCUT2D eigenvalue weighted by Gasteiger charge is 2.23. The molecule has 0 aliphatic heterocycles. The van der Waals surface area contributed by atoms with Gasteiger partial charge in [0.1, 0.15) is 16.8 Å². The van der Waals surface area contributed by atoms with Crippen molar-refractivity contribution < 1.29 is 18.8 Å². The van der Waals surface area contributed by atoms with Crippen LogP contribution in [0.15, 0.2) is 147 Å². The summed E-state index contributed by atoms with van der Waals surface area (Å²) in [6.07, 6.45) is 1.60. The first-order valence-electron chi connectivity index (χ1n) is 14.0. The highest BCUT2D eigenvalue weighted by Crippen LogP contribution is 2.37. The molecular formula is C36H26Br2FN3O3S. The molecule has 1 unspecified atom stereocenters. The first-order chi connectivity index (χ1) is 22.2. The Kier molecular flexibility index (Phi) is 11.2. The summed E-state index contributed by atoms with van der Waals surface area (Å²) < 4.78 is 15.9. The van der Waals surface area contributed by atoms with Gasteiger partial charge >= 0.3 is 0 Å². The zero-order valence-corrected chi connectivity index (χ0v) is 28.0. The fourth-order valence-electron chi connectivity index (χ4n) is 4.35. The lowest BCUT2D eigenvalue weighted by Crippen LogP contribution is -2.30.